The van der Waals surface area contributed by atoms with E-state index in [0.29, 0.717) is 12.8 Å². The average molecular weight is 209 g/mol. The molecule has 0 amide bonds. The van der Waals surface area contributed by atoms with Crippen LogP contribution in [0, 0.1) is 10.1 Å². The molecule has 0 fully saturated rings. The van der Waals surface area contributed by atoms with Crippen molar-refractivity contribution in [1.82, 2.24) is 0 Å². The van der Waals surface area contributed by atoms with E-state index in [4.69, 9.17) is 5.11 Å². The quantitative estimate of drug-likeness (QED) is 0.594. The number of non-ortho nitro benzene ring substituents is 1. The summed E-state index contributed by atoms with van der Waals surface area (Å²) in [6, 6.07) is 6.26. The van der Waals surface area contributed by atoms with Crippen molar-refractivity contribution >= 4 is 11.7 Å². The smallest absolute Gasteiger partial charge is 0.303 e. The van der Waals surface area contributed by atoms with Gasteiger partial charge in [-0.3, -0.25) is 14.9 Å². The second-order valence-corrected chi connectivity index (χ2v) is 3.17. The summed E-state index contributed by atoms with van der Waals surface area (Å²) < 4.78 is 0. The molecule has 1 aromatic carbocycles. The lowest BCUT2D eigenvalue weighted by Gasteiger charge is -1.99. The minimum Gasteiger partial charge on any atom is -0.481 e. The number of nitro benzene ring substituents is 1. The molecule has 0 aliphatic heterocycles. The summed E-state index contributed by atoms with van der Waals surface area (Å²) in [7, 11) is 0. The summed E-state index contributed by atoms with van der Waals surface area (Å²) in [4.78, 5) is 20.2. The second-order valence-electron chi connectivity index (χ2n) is 3.17. The van der Waals surface area contributed by atoms with Gasteiger partial charge in [0.25, 0.3) is 5.69 Å². The van der Waals surface area contributed by atoms with Crippen LogP contribution in [0.15, 0.2) is 24.3 Å². The van der Waals surface area contributed by atoms with Crippen molar-refractivity contribution in [2.24, 2.45) is 0 Å². The Balaban J connectivity index is 2.58. The molecule has 1 N–H and O–H groups in total. The van der Waals surface area contributed by atoms with E-state index in [0.717, 1.165) is 5.56 Å². The molecule has 0 unspecified atom stereocenters. The van der Waals surface area contributed by atoms with Gasteiger partial charge in [-0.2, -0.15) is 0 Å². The summed E-state index contributed by atoms with van der Waals surface area (Å²) in [6.45, 7) is 0. The van der Waals surface area contributed by atoms with Gasteiger partial charge >= 0.3 is 5.97 Å². The van der Waals surface area contributed by atoms with E-state index in [1.54, 1.807) is 12.1 Å². The van der Waals surface area contributed by atoms with Gasteiger partial charge in [0.1, 0.15) is 0 Å². The molecule has 80 valence electrons. The minimum absolute atomic E-state index is 0.0443. The van der Waals surface area contributed by atoms with Crippen LogP contribution < -0.4 is 0 Å². The molecule has 0 aliphatic carbocycles. The van der Waals surface area contributed by atoms with Crippen molar-refractivity contribution in [2.75, 3.05) is 0 Å². The average Bonchev–Trinajstić information content (AvgIpc) is 2.17. The number of carboxylic acids is 1. The van der Waals surface area contributed by atoms with Gasteiger partial charge in [0.15, 0.2) is 0 Å². The van der Waals surface area contributed by atoms with Crippen LogP contribution in [0.5, 0.6) is 0 Å². The molecule has 0 aliphatic rings. The standard InChI is InChI=1S/C10H11NO4/c12-10(13)6-2-4-8-3-1-5-9(7-8)11(14)15/h1,3,5,7H,2,4,6H2,(H,12,13). The van der Waals surface area contributed by atoms with E-state index in [9.17, 15) is 14.9 Å². The largest absolute Gasteiger partial charge is 0.481 e. The minimum atomic E-state index is -0.847. The SMILES string of the molecule is O=C(O)CCCc1cccc([N+](=O)[O-])c1. The van der Waals surface area contributed by atoms with Crippen LogP contribution in [-0.4, -0.2) is 16.0 Å². The van der Waals surface area contributed by atoms with E-state index in [1.165, 1.54) is 12.1 Å². The summed E-state index contributed by atoms with van der Waals surface area (Å²) in [6.07, 6.45) is 1.13. The second kappa shape index (κ2) is 5.09. The number of nitro groups is 1. The number of carbonyl (C=O) groups is 1. The van der Waals surface area contributed by atoms with Crippen molar-refractivity contribution in [2.45, 2.75) is 19.3 Å². The van der Waals surface area contributed by atoms with E-state index < -0.39 is 10.9 Å². The maximum atomic E-state index is 10.4. The Morgan fingerprint density at radius 3 is 2.80 bits per heavy atom. The molecule has 5 nitrogen and oxygen atoms in total. The van der Waals surface area contributed by atoms with E-state index in [1.807, 2.05) is 0 Å². The number of carboxylic acid groups (broad SMARTS) is 1. The Morgan fingerprint density at radius 2 is 2.20 bits per heavy atom. The third-order valence-corrected chi connectivity index (χ3v) is 1.98. The van der Waals surface area contributed by atoms with Crippen LogP contribution in [0.4, 0.5) is 5.69 Å². The molecule has 0 atom stereocenters. The van der Waals surface area contributed by atoms with Crippen LogP contribution in [0.1, 0.15) is 18.4 Å². The highest BCUT2D eigenvalue weighted by molar-refractivity contribution is 5.66. The van der Waals surface area contributed by atoms with Crippen LogP contribution in [-0.2, 0) is 11.2 Å². The molecule has 0 saturated carbocycles. The first-order valence-electron chi connectivity index (χ1n) is 4.54. The fourth-order valence-electron chi connectivity index (χ4n) is 1.27. The van der Waals surface area contributed by atoms with Crippen molar-refractivity contribution in [3.8, 4) is 0 Å². The topological polar surface area (TPSA) is 80.4 Å². The number of hydrogen-bond donors (Lipinski definition) is 1. The molecule has 1 aromatic rings. The predicted octanol–water partition coefficient (Wildman–Crippen LogP) is 2.00. The van der Waals surface area contributed by atoms with E-state index in [2.05, 4.69) is 0 Å². The molecule has 0 spiro atoms. The van der Waals surface area contributed by atoms with Crippen molar-refractivity contribution < 1.29 is 14.8 Å². The maximum absolute atomic E-state index is 10.4. The molecule has 0 radical (unpaired) electrons. The summed E-state index contributed by atoms with van der Waals surface area (Å²) in [5.41, 5.74) is 0.841. The van der Waals surface area contributed by atoms with Gasteiger partial charge in [0.05, 0.1) is 4.92 Å². The summed E-state index contributed by atoms with van der Waals surface area (Å²) in [5.74, 6) is -0.847. The molecule has 15 heavy (non-hydrogen) atoms. The number of rotatable bonds is 5. The first kappa shape index (κ1) is 11.2. The predicted molar refractivity (Wildman–Crippen MR) is 53.7 cm³/mol. The molecule has 0 bridgehead atoms. The van der Waals surface area contributed by atoms with Gasteiger partial charge in [-0.15, -0.1) is 0 Å². The van der Waals surface area contributed by atoms with Gasteiger partial charge in [-0.05, 0) is 18.4 Å². The van der Waals surface area contributed by atoms with Crippen LogP contribution in [0.2, 0.25) is 0 Å². The zero-order valence-electron chi connectivity index (χ0n) is 8.05. The van der Waals surface area contributed by atoms with Crippen molar-refractivity contribution in [3.63, 3.8) is 0 Å². The monoisotopic (exact) mass is 209 g/mol. The highest BCUT2D eigenvalue weighted by Gasteiger charge is 2.05. The highest BCUT2D eigenvalue weighted by Crippen LogP contribution is 2.14. The van der Waals surface area contributed by atoms with Gasteiger partial charge in [0, 0.05) is 18.6 Å². The lowest BCUT2D eigenvalue weighted by atomic mass is 10.1. The Bertz CT molecular complexity index is 375. The fourth-order valence-corrected chi connectivity index (χ4v) is 1.27. The molecule has 0 aromatic heterocycles. The zero-order chi connectivity index (χ0) is 11.3. The Kier molecular flexibility index (Phi) is 3.79. The lowest BCUT2D eigenvalue weighted by molar-refractivity contribution is -0.384. The Morgan fingerprint density at radius 1 is 1.47 bits per heavy atom. The van der Waals surface area contributed by atoms with Gasteiger partial charge in [0.2, 0.25) is 0 Å². The fraction of sp³-hybridized carbons (Fsp3) is 0.300. The lowest BCUT2D eigenvalue weighted by Crippen LogP contribution is -1.96. The van der Waals surface area contributed by atoms with Crippen molar-refractivity contribution in [1.29, 1.82) is 0 Å². The van der Waals surface area contributed by atoms with Crippen LogP contribution in [0.25, 0.3) is 0 Å². The van der Waals surface area contributed by atoms with Crippen LogP contribution >= 0.6 is 0 Å². The molecular weight excluding hydrogens is 198 g/mol. The van der Waals surface area contributed by atoms with Crippen LogP contribution in [0.3, 0.4) is 0 Å². The number of nitrogens with zero attached hydrogens (tertiary/aromatic N) is 1. The normalized spacial score (nSPS) is 9.87. The summed E-state index contributed by atoms with van der Waals surface area (Å²) >= 11 is 0. The Hall–Kier alpha value is -1.91. The highest BCUT2D eigenvalue weighted by atomic mass is 16.6. The third kappa shape index (κ3) is 3.76. The number of aliphatic carboxylic acids is 1. The molecular formula is C10H11NO4. The van der Waals surface area contributed by atoms with Crippen molar-refractivity contribution in [3.05, 3.63) is 39.9 Å². The van der Waals surface area contributed by atoms with Gasteiger partial charge in [-0.1, -0.05) is 12.1 Å². The third-order valence-electron chi connectivity index (χ3n) is 1.98. The van der Waals surface area contributed by atoms with Gasteiger partial charge < -0.3 is 5.11 Å². The summed E-state index contributed by atoms with van der Waals surface area (Å²) in [5, 5.41) is 18.9. The zero-order valence-corrected chi connectivity index (χ0v) is 8.05. The first-order chi connectivity index (χ1) is 7.09. The number of aryl methyl sites for hydroxylation is 1. The van der Waals surface area contributed by atoms with E-state index >= 15 is 0 Å². The Labute approximate surface area is 86.5 Å². The molecule has 1 rings (SSSR count). The maximum Gasteiger partial charge on any atom is 0.303 e. The van der Waals surface area contributed by atoms with Gasteiger partial charge in [-0.25, -0.2) is 0 Å². The number of hydrogen-bond acceptors (Lipinski definition) is 3. The molecule has 0 saturated heterocycles. The first-order valence-corrected chi connectivity index (χ1v) is 4.54. The molecule has 0 heterocycles. The molecule has 5 heteroatoms. The van der Waals surface area contributed by atoms with E-state index in [-0.39, 0.29) is 12.1 Å². The number of benzene rings is 1.